The van der Waals surface area contributed by atoms with E-state index in [1.54, 1.807) is 30.3 Å². The lowest BCUT2D eigenvalue weighted by molar-refractivity contribution is 0.0600. The summed E-state index contributed by atoms with van der Waals surface area (Å²) in [7, 11) is 1.32. The van der Waals surface area contributed by atoms with Gasteiger partial charge in [-0.2, -0.15) is 0 Å². The third-order valence-electron chi connectivity index (χ3n) is 5.10. The Balaban J connectivity index is 1.72. The molecule has 0 saturated heterocycles. The third-order valence-corrected chi connectivity index (χ3v) is 5.10. The highest BCUT2D eigenvalue weighted by Crippen LogP contribution is 2.28. The van der Waals surface area contributed by atoms with E-state index in [0.29, 0.717) is 34.6 Å². The van der Waals surface area contributed by atoms with Gasteiger partial charge in [0.2, 0.25) is 0 Å². The fraction of sp³-hybridized carbons (Fsp3) is 0.148. The molecule has 0 atom stereocenters. The average molecular weight is 440 g/mol. The number of para-hydroxylation sites is 1. The topological polar surface area (TPSA) is 77.5 Å². The number of methoxy groups -OCH3 is 1. The minimum absolute atomic E-state index is 0.296. The normalized spacial score (nSPS) is 10.6. The van der Waals surface area contributed by atoms with Gasteiger partial charge >= 0.3 is 5.97 Å². The highest BCUT2D eigenvalue weighted by Gasteiger charge is 2.15. The number of aromatic nitrogens is 1. The van der Waals surface area contributed by atoms with Crippen molar-refractivity contribution >= 4 is 28.5 Å². The summed E-state index contributed by atoms with van der Waals surface area (Å²) in [4.78, 5) is 29.9. The molecule has 166 valence electrons. The number of fused-ring (bicyclic) bond motifs is 1. The molecule has 6 nitrogen and oxygen atoms in total. The molecule has 0 aliphatic rings. The summed E-state index contributed by atoms with van der Waals surface area (Å²) >= 11 is 0. The smallest absolute Gasteiger partial charge is 0.337 e. The van der Waals surface area contributed by atoms with E-state index in [-0.39, 0.29) is 5.91 Å². The number of anilines is 1. The maximum atomic E-state index is 13.3. The van der Waals surface area contributed by atoms with Crippen LogP contribution in [0.1, 0.15) is 34.1 Å². The summed E-state index contributed by atoms with van der Waals surface area (Å²) < 4.78 is 10.5. The van der Waals surface area contributed by atoms with Crippen molar-refractivity contribution in [2.24, 2.45) is 0 Å². The van der Waals surface area contributed by atoms with E-state index in [9.17, 15) is 9.59 Å². The van der Waals surface area contributed by atoms with Crippen molar-refractivity contribution in [1.82, 2.24) is 4.98 Å². The second-order valence-corrected chi connectivity index (χ2v) is 7.48. The zero-order chi connectivity index (χ0) is 23.2. The van der Waals surface area contributed by atoms with Crippen LogP contribution in [0.4, 0.5) is 5.69 Å². The SMILES string of the molecule is CCCOc1cccc(-c2cc(C(=O)Nc3cccc(C(=O)OC)c3)c3ccccc3n2)c1. The van der Waals surface area contributed by atoms with Gasteiger partial charge in [-0.15, -0.1) is 0 Å². The summed E-state index contributed by atoms with van der Waals surface area (Å²) in [6.07, 6.45) is 0.917. The van der Waals surface area contributed by atoms with Crippen LogP contribution in [0.5, 0.6) is 5.75 Å². The van der Waals surface area contributed by atoms with Gasteiger partial charge in [0.25, 0.3) is 5.91 Å². The highest BCUT2D eigenvalue weighted by molar-refractivity contribution is 6.13. The van der Waals surface area contributed by atoms with E-state index in [1.807, 2.05) is 48.5 Å². The van der Waals surface area contributed by atoms with Crippen LogP contribution >= 0.6 is 0 Å². The molecule has 1 aromatic heterocycles. The van der Waals surface area contributed by atoms with Crippen LogP contribution in [0.25, 0.3) is 22.2 Å². The molecule has 1 heterocycles. The van der Waals surface area contributed by atoms with Gasteiger partial charge in [-0.25, -0.2) is 9.78 Å². The number of carbonyl (C=O) groups is 2. The van der Waals surface area contributed by atoms with E-state index < -0.39 is 5.97 Å². The zero-order valence-electron chi connectivity index (χ0n) is 18.5. The van der Waals surface area contributed by atoms with Crippen LogP contribution in [0, 0.1) is 0 Å². The van der Waals surface area contributed by atoms with Gasteiger partial charge in [-0.1, -0.05) is 43.3 Å². The molecule has 4 rings (SSSR count). The van der Waals surface area contributed by atoms with Crippen LogP contribution in [-0.4, -0.2) is 30.6 Å². The number of benzene rings is 3. The Kier molecular flexibility index (Phi) is 6.64. The maximum absolute atomic E-state index is 13.3. The number of carbonyl (C=O) groups excluding carboxylic acids is 2. The molecular weight excluding hydrogens is 416 g/mol. The number of rotatable bonds is 7. The van der Waals surface area contributed by atoms with E-state index >= 15 is 0 Å². The Morgan fingerprint density at radius 1 is 0.939 bits per heavy atom. The number of hydrogen-bond acceptors (Lipinski definition) is 5. The monoisotopic (exact) mass is 440 g/mol. The van der Waals surface area contributed by atoms with Gasteiger partial charge in [-0.3, -0.25) is 4.79 Å². The second kappa shape index (κ2) is 9.96. The van der Waals surface area contributed by atoms with Crippen molar-refractivity contribution in [1.29, 1.82) is 0 Å². The van der Waals surface area contributed by atoms with Crippen molar-refractivity contribution in [3.8, 4) is 17.0 Å². The van der Waals surface area contributed by atoms with Gasteiger partial charge in [0.15, 0.2) is 0 Å². The van der Waals surface area contributed by atoms with Gasteiger partial charge in [0.1, 0.15) is 5.75 Å². The molecule has 0 aliphatic heterocycles. The lowest BCUT2D eigenvalue weighted by Crippen LogP contribution is -2.13. The first-order valence-electron chi connectivity index (χ1n) is 10.7. The molecule has 6 heteroatoms. The lowest BCUT2D eigenvalue weighted by Gasteiger charge is -2.12. The van der Waals surface area contributed by atoms with E-state index in [2.05, 4.69) is 12.2 Å². The third kappa shape index (κ3) is 5.01. The van der Waals surface area contributed by atoms with Crippen molar-refractivity contribution in [3.63, 3.8) is 0 Å². The lowest BCUT2D eigenvalue weighted by atomic mass is 10.0. The summed E-state index contributed by atoms with van der Waals surface area (Å²) in [5.74, 6) is -0.00175. The van der Waals surface area contributed by atoms with E-state index in [0.717, 1.165) is 23.1 Å². The average Bonchev–Trinajstić information content (AvgIpc) is 2.86. The Labute approximate surface area is 192 Å². The summed E-state index contributed by atoms with van der Waals surface area (Å²) in [6.45, 7) is 2.69. The van der Waals surface area contributed by atoms with Crippen molar-refractivity contribution in [2.75, 3.05) is 19.0 Å². The van der Waals surface area contributed by atoms with Gasteiger partial charge in [-0.05, 0) is 48.9 Å². The molecule has 0 radical (unpaired) electrons. The first-order chi connectivity index (χ1) is 16.1. The molecule has 33 heavy (non-hydrogen) atoms. The molecule has 0 spiro atoms. The molecule has 1 N–H and O–H groups in total. The number of nitrogens with one attached hydrogen (secondary N) is 1. The molecule has 4 aromatic rings. The largest absolute Gasteiger partial charge is 0.494 e. The fourth-order valence-electron chi connectivity index (χ4n) is 3.52. The van der Waals surface area contributed by atoms with Crippen molar-refractivity contribution < 1.29 is 19.1 Å². The molecule has 0 bridgehead atoms. The fourth-order valence-corrected chi connectivity index (χ4v) is 3.52. The van der Waals surface area contributed by atoms with Crippen LogP contribution < -0.4 is 10.1 Å². The van der Waals surface area contributed by atoms with Gasteiger partial charge < -0.3 is 14.8 Å². The number of esters is 1. The minimum Gasteiger partial charge on any atom is -0.494 e. The van der Waals surface area contributed by atoms with Crippen molar-refractivity contribution in [2.45, 2.75) is 13.3 Å². The van der Waals surface area contributed by atoms with Gasteiger partial charge in [0, 0.05) is 16.6 Å². The first-order valence-corrected chi connectivity index (χ1v) is 10.7. The highest BCUT2D eigenvalue weighted by atomic mass is 16.5. The zero-order valence-corrected chi connectivity index (χ0v) is 18.5. The standard InChI is InChI=1S/C27H24N2O4/c1-3-14-33-21-11-7-8-18(16-21)25-17-23(22-12-4-5-13-24(22)29-25)26(30)28-20-10-6-9-19(15-20)27(31)32-2/h4-13,15-17H,3,14H2,1-2H3,(H,28,30). The summed E-state index contributed by atoms with van der Waals surface area (Å²) in [5, 5.41) is 3.63. The Morgan fingerprint density at radius 2 is 1.76 bits per heavy atom. The van der Waals surface area contributed by atoms with E-state index in [1.165, 1.54) is 7.11 Å². The number of ether oxygens (including phenoxy) is 2. The number of nitrogens with zero attached hydrogens (tertiary/aromatic N) is 1. The Morgan fingerprint density at radius 3 is 2.58 bits per heavy atom. The molecular formula is C27H24N2O4. The first kappa shape index (κ1) is 22.0. The molecule has 3 aromatic carbocycles. The molecule has 0 saturated carbocycles. The second-order valence-electron chi connectivity index (χ2n) is 7.48. The predicted molar refractivity (Wildman–Crippen MR) is 129 cm³/mol. The maximum Gasteiger partial charge on any atom is 0.337 e. The molecule has 0 aliphatic carbocycles. The quantitative estimate of drug-likeness (QED) is 0.371. The molecule has 1 amide bonds. The van der Waals surface area contributed by atoms with Crippen molar-refractivity contribution in [3.05, 3.63) is 90.0 Å². The van der Waals surface area contributed by atoms with Crippen LogP contribution in [0.3, 0.4) is 0 Å². The van der Waals surface area contributed by atoms with Crippen LogP contribution in [-0.2, 0) is 4.74 Å². The van der Waals surface area contributed by atoms with Crippen LogP contribution in [0.15, 0.2) is 78.9 Å². The molecule has 0 unspecified atom stereocenters. The number of amides is 1. The number of hydrogen-bond donors (Lipinski definition) is 1. The van der Waals surface area contributed by atoms with Crippen LogP contribution in [0.2, 0.25) is 0 Å². The summed E-state index contributed by atoms with van der Waals surface area (Å²) in [6, 6.07) is 23.6. The summed E-state index contributed by atoms with van der Waals surface area (Å²) in [5.41, 5.74) is 3.59. The molecule has 0 fully saturated rings. The Bertz CT molecular complexity index is 1320. The van der Waals surface area contributed by atoms with Gasteiger partial charge in [0.05, 0.1) is 36.1 Å². The van der Waals surface area contributed by atoms with E-state index in [4.69, 9.17) is 14.5 Å². The Hall–Kier alpha value is -4.19. The number of pyridine rings is 1. The minimum atomic E-state index is -0.465. The predicted octanol–water partition coefficient (Wildman–Crippen LogP) is 5.73.